The van der Waals surface area contributed by atoms with Crippen molar-refractivity contribution in [1.82, 2.24) is 19.7 Å². The van der Waals surface area contributed by atoms with Gasteiger partial charge in [-0.15, -0.1) is 0 Å². The van der Waals surface area contributed by atoms with Crippen LogP contribution in [0.2, 0.25) is 0 Å². The molecule has 0 fully saturated rings. The fourth-order valence-electron chi connectivity index (χ4n) is 3.38. The Morgan fingerprint density at radius 1 is 1.36 bits per heavy atom. The van der Waals surface area contributed by atoms with Crippen molar-refractivity contribution in [3.63, 3.8) is 0 Å². The molecule has 2 atom stereocenters. The molecule has 0 aliphatic heterocycles. The van der Waals surface area contributed by atoms with Crippen LogP contribution in [0.15, 0.2) is 18.6 Å². The zero-order valence-electron chi connectivity index (χ0n) is 13.0. The SMILES string of the molecule is CC(C)C1CC[C@@H](C)c2c(C(=O)O)nn(-c3cnccn3)c21. The quantitative estimate of drug-likeness (QED) is 0.942. The van der Waals surface area contributed by atoms with Crippen molar-refractivity contribution in [1.29, 1.82) is 0 Å². The molecule has 22 heavy (non-hydrogen) atoms. The highest BCUT2D eigenvalue weighted by molar-refractivity contribution is 5.88. The lowest BCUT2D eigenvalue weighted by Crippen LogP contribution is -2.20. The molecule has 2 heterocycles. The van der Waals surface area contributed by atoms with E-state index in [2.05, 4.69) is 35.8 Å². The summed E-state index contributed by atoms with van der Waals surface area (Å²) in [6.45, 7) is 6.41. The Morgan fingerprint density at radius 2 is 2.14 bits per heavy atom. The van der Waals surface area contributed by atoms with Gasteiger partial charge < -0.3 is 5.11 Å². The highest BCUT2D eigenvalue weighted by Crippen LogP contribution is 2.44. The first-order chi connectivity index (χ1) is 10.5. The molecule has 2 aromatic heterocycles. The molecule has 0 saturated carbocycles. The van der Waals surface area contributed by atoms with Crippen LogP contribution in [0.5, 0.6) is 0 Å². The molecule has 1 unspecified atom stereocenters. The summed E-state index contributed by atoms with van der Waals surface area (Å²) >= 11 is 0. The maximum Gasteiger partial charge on any atom is 0.356 e. The van der Waals surface area contributed by atoms with E-state index in [-0.39, 0.29) is 17.5 Å². The van der Waals surface area contributed by atoms with Crippen molar-refractivity contribution in [3.05, 3.63) is 35.5 Å². The second kappa shape index (κ2) is 5.51. The van der Waals surface area contributed by atoms with Gasteiger partial charge in [0, 0.05) is 23.9 Å². The summed E-state index contributed by atoms with van der Waals surface area (Å²) in [6, 6.07) is 0. The summed E-state index contributed by atoms with van der Waals surface area (Å²) in [5, 5.41) is 13.9. The van der Waals surface area contributed by atoms with Gasteiger partial charge in [-0.25, -0.2) is 14.5 Å². The van der Waals surface area contributed by atoms with E-state index in [0.717, 1.165) is 24.1 Å². The molecule has 0 aromatic carbocycles. The Morgan fingerprint density at radius 3 is 2.73 bits per heavy atom. The average Bonchev–Trinajstić information content (AvgIpc) is 2.89. The first-order valence-electron chi connectivity index (χ1n) is 7.63. The fourth-order valence-corrected chi connectivity index (χ4v) is 3.38. The average molecular weight is 300 g/mol. The number of carbonyl (C=O) groups is 1. The van der Waals surface area contributed by atoms with Crippen molar-refractivity contribution in [2.75, 3.05) is 0 Å². The molecule has 2 aromatic rings. The van der Waals surface area contributed by atoms with Gasteiger partial charge in [0.05, 0.1) is 11.9 Å². The van der Waals surface area contributed by atoms with E-state index >= 15 is 0 Å². The number of nitrogens with zero attached hydrogens (tertiary/aromatic N) is 4. The lowest BCUT2D eigenvalue weighted by Gasteiger charge is -2.30. The van der Waals surface area contributed by atoms with Crippen LogP contribution in [-0.2, 0) is 0 Å². The molecule has 0 bridgehead atoms. The molecule has 0 radical (unpaired) electrons. The third-order valence-electron chi connectivity index (χ3n) is 4.49. The van der Waals surface area contributed by atoms with Gasteiger partial charge in [-0.1, -0.05) is 20.8 Å². The van der Waals surface area contributed by atoms with E-state index in [4.69, 9.17) is 0 Å². The number of carboxylic acid groups (broad SMARTS) is 1. The van der Waals surface area contributed by atoms with E-state index in [1.54, 1.807) is 23.3 Å². The van der Waals surface area contributed by atoms with Gasteiger partial charge in [0.25, 0.3) is 0 Å². The predicted molar refractivity (Wildman–Crippen MR) is 81.3 cm³/mol. The first kappa shape index (κ1) is 14.7. The van der Waals surface area contributed by atoms with Crippen LogP contribution < -0.4 is 0 Å². The summed E-state index contributed by atoms with van der Waals surface area (Å²) in [7, 11) is 0. The van der Waals surface area contributed by atoms with Crippen LogP contribution in [0.3, 0.4) is 0 Å². The molecule has 6 heteroatoms. The Kier molecular flexibility index (Phi) is 3.68. The van der Waals surface area contributed by atoms with Gasteiger partial charge in [0.1, 0.15) is 0 Å². The van der Waals surface area contributed by atoms with E-state index < -0.39 is 5.97 Å². The number of carboxylic acids is 1. The van der Waals surface area contributed by atoms with Crippen molar-refractivity contribution in [2.45, 2.75) is 45.4 Å². The Bertz CT molecular complexity index is 694. The van der Waals surface area contributed by atoms with Crippen LogP contribution in [0, 0.1) is 5.92 Å². The summed E-state index contributed by atoms with van der Waals surface area (Å²) < 4.78 is 1.69. The van der Waals surface area contributed by atoms with Gasteiger partial charge in [-0.2, -0.15) is 5.10 Å². The minimum atomic E-state index is -0.977. The Balaban J connectivity index is 2.27. The minimum absolute atomic E-state index is 0.151. The van der Waals surface area contributed by atoms with Gasteiger partial charge >= 0.3 is 5.97 Å². The van der Waals surface area contributed by atoms with Crippen molar-refractivity contribution in [3.8, 4) is 5.82 Å². The van der Waals surface area contributed by atoms with Crippen LogP contribution in [-0.4, -0.2) is 30.8 Å². The van der Waals surface area contributed by atoms with Gasteiger partial charge in [-0.3, -0.25) is 4.98 Å². The summed E-state index contributed by atoms with van der Waals surface area (Å²) in [5.74, 6) is 0.497. The lowest BCUT2D eigenvalue weighted by molar-refractivity contribution is 0.0688. The maximum absolute atomic E-state index is 11.6. The molecule has 0 amide bonds. The third kappa shape index (κ3) is 2.28. The van der Waals surface area contributed by atoms with Gasteiger partial charge in [0.2, 0.25) is 0 Å². The van der Waals surface area contributed by atoms with Gasteiger partial charge in [0.15, 0.2) is 11.5 Å². The summed E-state index contributed by atoms with van der Waals surface area (Å²) in [6.07, 6.45) is 6.84. The number of hydrogen-bond donors (Lipinski definition) is 1. The van der Waals surface area contributed by atoms with Crippen molar-refractivity contribution in [2.24, 2.45) is 5.92 Å². The third-order valence-corrected chi connectivity index (χ3v) is 4.49. The topological polar surface area (TPSA) is 80.9 Å². The molecule has 1 aliphatic rings. The van der Waals surface area contributed by atoms with Crippen LogP contribution >= 0.6 is 0 Å². The molecule has 0 spiro atoms. The maximum atomic E-state index is 11.6. The Labute approximate surface area is 129 Å². The second-order valence-electron chi connectivity index (χ2n) is 6.26. The first-order valence-corrected chi connectivity index (χ1v) is 7.63. The number of hydrogen-bond acceptors (Lipinski definition) is 4. The summed E-state index contributed by atoms with van der Waals surface area (Å²) in [4.78, 5) is 20.0. The molecule has 6 nitrogen and oxygen atoms in total. The zero-order valence-corrected chi connectivity index (χ0v) is 13.0. The highest BCUT2D eigenvalue weighted by atomic mass is 16.4. The second-order valence-corrected chi connectivity index (χ2v) is 6.26. The molecular weight excluding hydrogens is 280 g/mol. The van der Waals surface area contributed by atoms with Gasteiger partial charge in [-0.05, 0) is 24.7 Å². The fraction of sp³-hybridized carbons (Fsp3) is 0.500. The zero-order chi connectivity index (χ0) is 15.9. The highest BCUT2D eigenvalue weighted by Gasteiger charge is 2.36. The predicted octanol–water partition coefficient (Wildman–Crippen LogP) is 3.00. The Hall–Kier alpha value is -2.24. The molecule has 0 saturated heterocycles. The summed E-state index contributed by atoms with van der Waals surface area (Å²) in [5.41, 5.74) is 2.01. The van der Waals surface area contributed by atoms with Crippen LogP contribution in [0.1, 0.15) is 67.2 Å². The number of rotatable bonds is 3. The normalized spacial score (nSPS) is 20.9. The monoisotopic (exact) mass is 300 g/mol. The number of aromatic carboxylic acids is 1. The van der Waals surface area contributed by atoms with Crippen LogP contribution in [0.25, 0.3) is 5.82 Å². The molecule has 116 valence electrons. The molecule has 3 rings (SSSR count). The van der Waals surface area contributed by atoms with E-state index in [1.165, 1.54) is 0 Å². The van der Waals surface area contributed by atoms with E-state index in [0.29, 0.717) is 11.7 Å². The number of aromatic nitrogens is 4. The molecule has 1 N–H and O–H groups in total. The molecule has 1 aliphatic carbocycles. The lowest BCUT2D eigenvalue weighted by atomic mass is 9.75. The molecular formula is C16H20N4O2. The number of fused-ring (bicyclic) bond motifs is 1. The largest absolute Gasteiger partial charge is 0.476 e. The van der Waals surface area contributed by atoms with E-state index in [1.807, 2.05) is 0 Å². The smallest absolute Gasteiger partial charge is 0.356 e. The van der Waals surface area contributed by atoms with Crippen molar-refractivity contribution >= 4 is 5.97 Å². The minimum Gasteiger partial charge on any atom is -0.476 e. The van der Waals surface area contributed by atoms with E-state index in [9.17, 15) is 9.90 Å². The van der Waals surface area contributed by atoms with Crippen molar-refractivity contribution < 1.29 is 9.90 Å². The van der Waals surface area contributed by atoms with Crippen LogP contribution in [0.4, 0.5) is 0 Å². The standard InChI is InChI=1S/C16H20N4O2/c1-9(2)11-5-4-10(3)13-14(16(21)22)19-20(15(11)13)12-8-17-6-7-18-12/h6-11H,4-5H2,1-3H3,(H,21,22)/t10-,11?/m1/s1.